The SMILES string of the molecule is COc1ccc(C(F)(F)F)cc1NC=Cc1nnnn1-c1ccc2ccccc2c1. The van der Waals surface area contributed by atoms with Crippen LogP contribution in [0, 0.1) is 0 Å². The largest absolute Gasteiger partial charge is 0.495 e. The van der Waals surface area contributed by atoms with Crippen molar-refractivity contribution in [3.8, 4) is 11.4 Å². The third-order valence-electron chi connectivity index (χ3n) is 4.47. The second kappa shape index (κ2) is 7.86. The van der Waals surface area contributed by atoms with Crippen molar-refractivity contribution in [1.82, 2.24) is 20.2 Å². The average molecular weight is 411 g/mol. The second-order valence-corrected chi connectivity index (χ2v) is 6.37. The van der Waals surface area contributed by atoms with E-state index in [4.69, 9.17) is 4.74 Å². The van der Waals surface area contributed by atoms with Crippen LogP contribution >= 0.6 is 0 Å². The van der Waals surface area contributed by atoms with Gasteiger partial charge in [0.05, 0.1) is 24.0 Å². The van der Waals surface area contributed by atoms with Gasteiger partial charge >= 0.3 is 6.18 Å². The quantitative estimate of drug-likeness (QED) is 0.505. The summed E-state index contributed by atoms with van der Waals surface area (Å²) in [6.45, 7) is 0. The van der Waals surface area contributed by atoms with E-state index < -0.39 is 11.7 Å². The Balaban J connectivity index is 1.60. The number of anilines is 1. The van der Waals surface area contributed by atoms with Gasteiger partial charge in [0, 0.05) is 12.3 Å². The summed E-state index contributed by atoms with van der Waals surface area (Å²) in [7, 11) is 1.39. The van der Waals surface area contributed by atoms with Crippen molar-refractivity contribution in [1.29, 1.82) is 0 Å². The molecule has 0 saturated carbocycles. The van der Waals surface area contributed by atoms with Crippen LogP contribution in [-0.2, 0) is 6.18 Å². The molecule has 9 heteroatoms. The Morgan fingerprint density at radius 2 is 1.80 bits per heavy atom. The summed E-state index contributed by atoms with van der Waals surface area (Å²) in [5.74, 6) is 0.686. The van der Waals surface area contributed by atoms with Gasteiger partial charge in [-0.15, -0.1) is 5.10 Å². The van der Waals surface area contributed by atoms with Gasteiger partial charge in [-0.1, -0.05) is 30.3 Å². The van der Waals surface area contributed by atoms with Gasteiger partial charge in [-0.05, 0) is 51.5 Å². The number of ether oxygens (including phenoxy) is 1. The maximum Gasteiger partial charge on any atom is 0.416 e. The van der Waals surface area contributed by atoms with Crippen LogP contribution in [0.2, 0.25) is 0 Å². The molecule has 1 N–H and O–H groups in total. The first-order chi connectivity index (χ1) is 14.5. The number of hydrogen-bond acceptors (Lipinski definition) is 5. The summed E-state index contributed by atoms with van der Waals surface area (Å²) in [5.41, 5.74) is 0.156. The molecule has 3 aromatic carbocycles. The third-order valence-corrected chi connectivity index (χ3v) is 4.47. The number of nitrogens with zero attached hydrogens (tertiary/aromatic N) is 4. The molecule has 0 bridgehead atoms. The summed E-state index contributed by atoms with van der Waals surface area (Å²) in [6, 6.07) is 16.9. The normalized spacial score (nSPS) is 11.9. The van der Waals surface area contributed by atoms with E-state index in [1.165, 1.54) is 24.1 Å². The first kappa shape index (κ1) is 19.4. The molecule has 0 radical (unpaired) electrons. The lowest BCUT2D eigenvalue weighted by Gasteiger charge is -2.12. The van der Waals surface area contributed by atoms with Crippen LogP contribution in [0.15, 0.2) is 66.9 Å². The van der Waals surface area contributed by atoms with Crippen LogP contribution in [0.1, 0.15) is 11.4 Å². The van der Waals surface area contributed by atoms with Crippen LogP contribution < -0.4 is 10.1 Å². The van der Waals surface area contributed by atoms with Crippen molar-refractivity contribution in [2.45, 2.75) is 6.18 Å². The van der Waals surface area contributed by atoms with Crippen LogP contribution in [0.3, 0.4) is 0 Å². The van der Waals surface area contributed by atoms with Crippen molar-refractivity contribution >= 4 is 22.5 Å². The molecule has 1 heterocycles. The zero-order valence-corrected chi connectivity index (χ0v) is 15.8. The number of tetrazole rings is 1. The molecular weight excluding hydrogens is 395 g/mol. The minimum atomic E-state index is -4.45. The summed E-state index contributed by atoms with van der Waals surface area (Å²) >= 11 is 0. The van der Waals surface area contributed by atoms with E-state index in [1.807, 2.05) is 42.5 Å². The first-order valence-corrected chi connectivity index (χ1v) is 8.91. The van der Waals surface area contributed by atoms with E-state index in [1.54, 1.807) is 6.08 Å². The van der Waals surface area contributed by atoms with Crippen molar-refractivity contribution < 1.29 is 17.9 Å². The maximum absolute atomic E-state index is 13.0. The Morgan fingerprint density at radius 1 is 1.00 bits per heavy atom. The highest BCUT2D eigenvalue weighted by molar-refractivity contribution is 5.84. The molecule has 0 unspecified atom stereocenters. The van der Waals surface area contributed by atoms with Gasteiger partial charge in [-0.25, -0.2) is 0 Å². The molecule has 30 heavy (non-hydrogen) atoms. The van der Waals surface area contributed by atoms with Gasteiger partial charge in [0.15, 0.2) is 5.82 Å². The Bertz CT molecular complexity index is 1220. The Hall–Kier alpha value is -3.88. The monoisotopic (exact) mass is 411 g/mol. The average Bonchev–Trinajstić information content (AvgIpc) is 3.21. The highest BCUT2D eigenvalue weighted by Crippen LogP contribution is 2.35. The lowest BCUT2D eigenvalue weighted by molar-refractivity contribution is -0.137. The van der Waals surface area contributed by atoms with Crippen LogP contribution in [-0.4, -0.2) is 27.3 Å². The maximum atomic E-state index is 13.0. The molecule has 0 saturated heterocycles. The van der Waals surface area contributed by atoms with Gasteiger partial charge in [0.2, 0.25) is 0 Å². The molecule has 4 aromatic rings. The first-order valence-electron chi connectivity index (χ1n) is 8.91. The minimum Gasteiger partial charge on any atom is -0.495 e. The molecule has 0 fully saturated rings. The lowest BCUT2D eigenvalue weighted by Crippen LogP contribution is -2.06. The number of rotatable bonds is 5. The molecule has 0 amide bonds. The van der Waals surface area contributed by atoms with Gasteiger partial charge in [0.25, 0.3) is 0 Å². The van der Waals surface area contributed by atoms with Crippen molar-refractivity contribution in [3.05, 3.63) is 78.3 Å². The van der Waals surface area contributed by atoms with Crippen molar-refractivity contribution in [2.75, 3.05) is 12.4 Å². The molecule has 0 spiro atoms. The molecule has 152 valence electrons. The van der Waals surface area contributed by atoms with E-state index in [2.05, 4.69) is 20.8 Å². The molecule has 0 atom stereocenters. The highest BCUT2D eigenvalue weighted by atomic mass is 19.4. The van der Waals surface area contributed by atoms with E-state index in [-0.39, 0.29) is 11.4 Å². The summed E-state index contributed by atoms with van der Waals surface area (Å²) < 4.78 is 45.6. The Kier molecular flexibility index (Phi) is 5.09. The minimum absolute atomic E-state index is 0.174. The van der Waals surface area contributed by atoms with Crippen LogP contribution in [0.4, 0.5) is 18.9 Å². The lowest BCUT2D eigenvalue weighted by atomic mass is 10.1. The molecule has 0 aliphatic carbocycles. The fraction of sp³-hybridized carbons (Fsp3) is 0.0952. The van der Waals surface area contributed by atoms with Gasteiger partial charge < -0.3 is 10.1 Å². The topological polar surface area (TPSA) is 64.9 Å². The smallest absolute Gasteiger partial charge is 0.416 e. The van der Waals surface area contributed by atoms with E-state index in [0.717, 1.165) is 28.6 Å². The number of methoxy groups -OCH3 is 1. The fourth-order valence-corrected chi connectivity index (χ4v) is 2.99. The van der Waals surface area contributed by atoms with E-state index in [0.29, 0.717) is 5.82 Å². The van der Waals surface area contributed by atoms with Crippen LogP contribution in [0.5, 0.6) is 5.75 Å². The zero-order chi connectivity index (χ0) is 21.1. The van der Waals surface area contributed by atoms with Gasteiger partial charge in [0.1, 0.15) is 5.75 Å². The Morgan fingerprint density at radius 3 is 2.57 bits per heavy atom. The standard InChI is InChI=1S/C21H16F3N5O/c1-30-19-9-7-16(21(22,23)24)13-18(19)25-11-10-20-26-27-28-29(20)17-8-6-14-4-2-3-5-15(14)12-17/h2-13,25H,1H3. The number of nitrogens with one attached hydrogen (secondary N) is 1. The van der Waals surface area contributed by atoms with Crippen molar-refractivity contribution in [2.24, 2.45) is 0 Å². The predicted octanol–water partition coefficient (Wildman–Crippen LogP) is 4.93. The molecular formula is C21H16F3N5O. The number of hydrogen-bond donors (Lipinski definition) is 1. The zero-order valence-electron chi connectivity index (χ0n) is 15.8. The number of halogens is 3. The number of fused-ring (bicyclic) bond motifs is 1. The third kappa shape index (κ3) is 3.95. The van der Waals surface area contributed by atoms with Gasteiger partial charge in [-0.2, -0.15) is 17.9 Å². The fourth-order valence-electron chi connectivity index (χ4n) is 2.99. The molecule has 0 aliphatic rings. The molecule has 4 rings (SSSR count). The van der Waals surface area contributed by atoms with Gasteiger partial charge in [-0.3, -0.25) is 0 Å². The van der Waals surface area contributed by atoms with Crippen LogP contribution in [0.25, 0.3) is 22.5 Å². The molecule has 6 nitrogen and oxygen atoms in total. The van der Waals surface area contributed by atoms with Crippen molar-refractivity contribution in [3.63, 3.8) is 0 Å². The molecule has 1 aromatic heterocycles. The predicted molar refractivity (Wildman–Crippen MR) is 107 cm³/mol. The van der Waals surface area contributed by atoms with E-state index >= 15 is 0 Å². The summed E-state index contributed by atoms with van der Waals surface area (Å²) in [4.78, 5) is 0. The summed E-state index contributed by atoms with van der Waals surface area (Å²) in [6.07, 6.45) is -1.43. The number of benzene rings is 3. The second-order valence-electron chi connectivity index (χ2n) is 6.37. The number of alkyl halides is 3. The number of aromatic nitrogens is 4. The highest BCUT2D eigenvalue weighted by Gasteiger charge is 2.31. The van der Waals surface area contributed by atoms with E-state index in [9.17, 15) is 13.2 Å². The molecule has 0 aliphatic heterocycles. The summed E-state index contributed by atoms with van der Waals surface area (Å²) in [5, 5.41) is 16.6. The Labute approximate surface area is 169 Å².